The quantitative estimate of drug-likeness (QED) is 0.435. The lowest BCUT2D eigenvalue weighted by Gasteiger charge is -2.02. The van der Waals surface area contributed by atoms with Gasteiger partial charge in [0.25, 0.3) is 0 Å². The number of fused-ring (bicyclic) bond motifs is 1. The summed E-state index contributed by atoms with van der Waals surface area (Å²) in [6.07, 6.45) is 3.43. The molecule has 0 amide bonds. The molecular formula is C23H17F2N5. The number of H-pyrrole nitrogens is 1. The number of rotatable bonds is 4. The van der Waals surface area contributed by atoms with Gasteiger partial charge in [0.1, 0.15) is 11.6 Å². The molecule has 0 saturated heterocycles. The van der Waals surface area contributed by atoms with E-state index in [1.54, 1.807) is 18.5 Å². The highest BCUT2D eigenvalue weighted by molar-refractivity contribution is 5.89. The van der Waals surface area contributed by atoms with E-state index in [1.165, 1.54) is 18.2 Å². The zero-order valence-electron chi connectivity index (χ0n) is 16.1. The lowest BCUT2D eigenvalue weighted by molar-refractivity contribution is 0.589. The van der Waals surface area contributed by atoms with E-state index in [0.717, 1.165) is 27.9 Å². The molecule has 0 aliphatic carbocycles. The Labute approximate surface area is 171 Å². The van der Waals surface area contributed by atoms with E-state index in [1.807, 2.05) is 41.9 Å². The van der Waals surface area contributed by atoms with Crippen molar-refractivity contribution in [1.29, 1.82) is 0 Å². The molecule has 5 nitrogen and oxygen atoms in total. The maximum Gasteiger partial charge on any atom is 0.183 e. The molecule has 0 spiro atoms. The summed E-state index contributed by atoms with van der Waals surface area (Å²) in [5, 5.41) is 5.42. The first-order chi connectivity index (χ1) is 14.6. The number of aromatic amines is 1. The summed E-state index contributed by atoms with van der Waals surface area (Å²) >= 11 is 0. The third kappa shape index (κ3) is 3.04. The Morgan fingerprint density at radius 3 is 2.53 bits per heavy atom. The third-order valence-electron chi connectivity index (χ3n) is 5.00. The second kappa shape index (κ2) is 7.18. The normalized spacial score (nSPS) is 11.3. The maximum atomic E-state index is 14.2. The molecule has 5 aromatic rings. The van der Waals surface area contributed by atoms with Crippen molar-refractivity contribution in [3.63, 3.8) is 0 Å². The van der Waals surface area contributed by atoms with Crippen LogP contribution in [0.25, 0.3) is 44.9 Å². The summed E-state index contributed by atoms with van der Waals surface area (Å²) in [4.78, 5) is 11.9. The van der Waals surface area contributed by atoms with Gasteiger partial charge in [-0.25, -0.2) is 18.4 Å². The zero-order valence-corrected chi connectivity index (χ0v) is 16.1. The van der Waals surface area contributed by atoms with Gasteiger partial charge in [-0.15, -0.1) is 0 Å². The number of halogens is 2. The van der Waals surface area contributed by atoms with E-state index >= 15 is 0 Å². The molecule has 1 N–H and O–H groups in total. The van der Waals surface area contributed by atoms with Crippen LogP contribution in [0.5, 0.6) is 0 Å². The first-order valence-electron chi connectivity index (χ1n) is 9.57. The largest absolute Gasteiger partial charge is 0.354 e. The van der Waals surface area contributed by atoms with E-state index in [2.05, 4.69) is 15.1 Å². The van der Waals surface area contributed by atoms with Gasteiger partial charge in [-0.05, 0) is 55.5 Å². The van der Waals surface area contributed by atoms with E-state index in [-0.39, 0.29) is 5.56 Å². The van der Waals surface area contributed by atoms with Crippen molar-refractivity contribution in [3.05, 3.63) is 78.6 Å². The summed E-state index contributed by atoms with van der Waals surface area (Å²) in [7, 11) is 0. The minimum absolute atomic E-state index is 0.0640. The molecule has 30 heavy (non-hydrogen) atoms. The maximum absolute atomic E-state index is 14.2. The van der Waals surface area contributed by atoms with Crippen LogP contribution in [-0.2, 0) is 6.54 Å². The Hall–Kier alpha value is -3.87. The van der Waals surface area contributed by atoms with E-state index in [4.69, 9.17) is 4.98 Å². The monoisotopic (exact) mass is 401 g/mol. The zero-order chi connectivity index (χ0) is 20.7. The summed E-state index contributed by atoms with van der Waals surface area (Å²) in [5.41, 5.74) is 2.82. The summed E-state index contributed by atoms with van der Waals surface area (Å²) in [6, 6.07) is 15.1. The second-order valence-corrected chi connectivity index (χ2v) is 6.90. The van der Waals surface area contributed by atoms with Crippen LogP contribution < -0.4 is 0 Å². The Morgan fingerprint density at radius 1 is 0.967 bits per heavy atom. The molecule has 0 aliphatic rings. The highest BCUT2D eigenvalue weighted by atomic mass is 19.1. The van der Waals surface area contributed by atoms with E-state index in [9.17, 15) is 8.78 Å². The standard InChI is InChI=1S/C23H17F2N5/c1-2-30-23(28-22(29-30)15-5-4-10-26-13-15)14-8-9-19-16(11-14)12-20(27-19)21-17(24)6-3-7-18(21)25/h3-13,27H,2H2,1H3. The molecule has 0 radical (unpaired) electrons. The number of nitrogens with zero attached hydrogens (tertiary/aromatic N) is 4. The molecule has 0 atom stereocenters. The number of aryl methyl sites for hydroxylation is 1. The van der Waals surface area contributed by atoms with Crippen LogP contribution in [0.15, 0.2) is 67.0 Å². The Bertz CT molecular complexity index is 1330. The number of aromatic nitrogens is 5. The van der Waals surface area contributed by atoms with Crippen LogP contribution in [-0.4, -0.2) is 24.7 Å². The number of hydrogen-bond acceptors (Lipinski definition) is 3. The average molecular weight is 401 g/mol. The molecule has 7 heteroatoms. The van der Waals surface area contributed by atoms with Gasteiger partial charge in [-0.2, -0.15) is 5.10 Å². The van der Waals surface area contributed by atoms with Crippen LogP contribution in [0.1, 0.15) is 6.92 Å². The third-order valence-corrected chi connectivity index (χ3v) is 5.00. The number of nitrogens with one attached hydrogen (secondary N) is 1. The SMILES string of the molecule is CCn1nc(-c2cccnc2)nc1-c1ccc2[nH]c(-c3c(F)cccc3F)cc2c1. The van der Waals surface area contributed by atoms with Crippen molar-refractivity contribution >= 4 is 10.9 Å². The molecule has 5 rings (SSSR count). The Kier molecular flexibility index (Phi) is 4.35. The second-order valence-electron chi connectivity index (χ2n) is 6.90. The van der Waals surface area contributed by atoms with Gasteiger partial charge < -0.3 is 4.98 Å². The van der Waals surface area contributed by atoms with E-state index in [0.29, 0.717) is 18.1 Å². The van der Waals surface area contributed by atoms with Crippen LogP contribution in [0.2, 0.25) is 0 Å². The fraction of sp³-hybridized carbons (Fsp3) is 0.0870. The molecule has 0 saturated carbocycles. The van der Waals surface area contributed by atoms with Gasteiger partial charge in [0.2, 0.25) is 0 Å². The molecule has 3 heterocycles. The van der Waals surface area contributed by atoms with Gasteiger partial charge >= 0.3 is 0 Å². The molecular weight excluding hydrogens is 384 g/mol. The fourth-order valence-electron chi connectivity index (χ4n) is 3.55. The number of benzene rings is 2. The molecule has 2 aromatic carbocycles. The average Bonchev–Trinajstić information content (AvgIpc) is 3.38. The van der Waals surface area contributed by atoms with E-state index < -0.39 is 11.6 Å². The van der Waals surface area contributed by atoms with Crippen molar-refractivity contribution in [2.24, 2.45) is 0 Å². The van der Waals surface area contributed by atoms with Crippen molar-refractivity contribution in [3.8, 4) is 34.0 Å². The van der Waals surface area contributed by atoms with Gasteiger partial charge in [-0.3, -0.25) is 4.98 Å². The van der Waals surface area contributed by atoms with Gasteiger partial charge in [0, 0.05) is 41.0 Å². The number of hydrogen-bond donors (Lipinski definition) is 1. The fourth-order valence-corrected chi connectivity index (χ4v) is 3.55. The molecule has 0 fully saturated rings. The van der Waals surface area contributed by atoms with Gasteiger partial charge in [0.05, 0.1) is 11.3 Å². The highest BCUT2D eigenvalue weighted by Gasteiger charge is 2.16. The number of pyridine rings is 1. The Balaban J connectivity index is 1.60. The van der Waals surface area contributed by atoms with Crippen molar-refractivity contribution in [2.75, 3.05) is 0 Å². The van der Waals surface area contributed by atoms with Crippen LogP contribution >= 0.6 is 0 Å². The lowest BCUT2D eigenvalue weighted by Crippen LogP contribution is -1.99. The summed E-state index contributed by atoms with van der Waals surface area (Å²) < 4.78 is 30.2. The summed E-state index contributed by atoms with van der Waals surface area (Å²) in [6.45, 7) is 2.65. The molecule has 0 bridgehead atoms. The minimum Gasteiger partial charge on any atom is -0.354 e. The topological polar surface area (TPSA) is 59.4 Å². The first kappa shape index (κ1) is 18.2. The smallest absolute Gasteiger partial charge is 0.183 e. The predicted molar refractivity (Wildman–Crippen MR) is 112 cm³/mol. The lowest BCUT2D eigenvalue weighted by atomic mass is 10.1. The van der Waals surface area contributed by atoms with Crippen molar-refractivity contribution < 1.29 is 8.78 Å². The Morgan fingerprint density at radius 2 is 1.80 bits per heavy atom. The summed E-state index contributed by atoms with van der Waals surface area (Å²) in [5.74, 6) is 0.114. The van der Waals surface area contributed by atoms with Gasteiger partial charge in [0.15, 0.2) is 11.6 Å². The first-order valence-corrected chi connectivity index (χ1v) is 9.57. The van der Waals surface area contributed by atoms with Crippen molar-refractivity contribution in [2.45, 2.75) is 13.5 Å². The molecule has 3 aromatic heterocycles. The highest BCUT2D eigenvalue weighted by Crippen LogP contribution is 2.31. The molecule has 148 valence electrons. The molecule has 0 aliphatic heterocycles. The minimum atomic E-state index is -0.603. The van der Waals surface area contributed by atoms with Crippen LogP contribution in [0, 0.1) is 11.6 Å². The van der Waals surface area contributed by atoms with Crippen molar-refractivity contribution in [1.82, 2.24) is 24.7 Å². The van der Waals surface area contributed by atoms with Crippen LogP contribution in [0.4, 0.5) is 8.78 Å². The molecule has 0 unspecified atom stereocenters. The van der Waals surface area contributed by atoms with Gasteiger partial charge in [-0.1, -0.05) is 6.07 Å². The van der Waals surface area contributed by atoms with Crippen LogP contribution in [0.3, 0.4) is 0 Å². The predicted octanol–water partition coefficient (Wildman–Crippen LogP) is 5.45.